The van der Waals surface area contributed by atoms with E-state index >= 15 is 0 Å². The molecule has 0 bridgehead atoms. The zero-order chi connectivity index (χ0) is 10.8. The Morgan fingerprint density at radius 3 is 2.60 bits per heavy atom. The average molecular weight is 265 g/mol. The quantitative estimate of drug-likeness (QED) is 0.814. The number of hydrogen-bond acceptors (Lipinski definition) is 1. The zero-order valence-corrected chi connectivity index (χ0v) is 10.5. The fraction of sp³-hybridized carbons (Fsp3) is 0.250. The molecule has 0 aliphatic rings. The van der Waals surface area contributed by atoms with Crippen LogP contribution in [-0.4, -0.2) is 9.78 Å². The smallest absolute Gasteiger partial charge is 0.0673 e. The van der Waals surface area contributed by atoms with Crippen LogP contribution in [0.15, 0.2) is 34.8 Å². The standard InChI is InChI=1S/C12H13BrN2/c1-9-7-10(2)15(14-9)8-11-5-3-4-6-12(11)13/h3-7H,8H2,1-2H3. The van der Waals surface area contributed by atoms with E-state index in [0.29, 0.717) is 0 Å². The first kappa shape index (κ1) is 10.4. The largest absolute Gasteiger partial charge is 0.265 e. The summed E-state index contributed by atoms with van der Waals surface area (Å²) in [6.45, 7) is 4.92. The highest BCUT2D eigenvalue weighted by atomic mass is 79.9. The van der Waals surface area contributed by atoms with Crippen LogP contribution in [0.4, 0.5) is 0 Å². The first-order valence-corrected chi connectivity index (χ1v) is 5.70. The van der Waals surface area contributed by atoms with Gasteiger partial charge in [0.05, 0.1) is 12.2 Å². The molecule has 0 saturated carbocycles. The van der Waals surface area contributed by atoms with E-state index in [9.17, 15) is 0 Å². The van der Waals surface area contributed by atoms with Gasteiger partial charge in [-0.3, -0.25) is 4.68 Å². The molecule has 1 aromatic heterocycles. The third kappa shape index (κ3) is 2.29. The number of hydrogen-bond donors (Lipinski definition) is 0. The van der Waals surface area contributed by atoms with Crippen LogP contribution in [0, 0.1) is 13.8 Å². The monoisotopic (exact) mass is 264 g/mol. The predicted molar refractivity (Wildman–Crippen MR) is 64.9 cm³/mol. The van der Waals surface area contributed by atoms with E-state index in [4.69, 9.17) is 0 Å². The first-order valence-electron chi connectivity index (χ1n) is 4.91. The van der Waals surface area contributed by atoms with E-state index in [1.54, 1.807) is 0 Å². The molecule has 0 amide bonds. The van der Waals surface area contributed by atoms with Crippen molar-refractivity contribution in [2.45, 2.75) is 20.4 Å². The van der Waals surface area contributed by atoms with Crippen molar-refractivity contribution in [2.75, 3.05) is 0 Å². The van der Waals surface area contributed by atoms with Gasteiger partial charge in [0.1, 0.15) is 0 Å². The SMILES string of the molecule is Cc1cc(C)n(Cc2ccccc2Br)n1. The molecule has 0 radical (unpaired) electrons. The van der Waals surface area contributed by atoms with Gasteiger partial charge < -0.3 is 0 Å². The van der Waals surface area contributed by atoms with Crippen LogP contribution < -0.4 is 0 Å². The number of aryl methyl sites for hydroxylation is 2. The van der Waals surface area contributed by atoms with Gasteiger partial charge in [-0.25, -0.2) is 0 Å². The first-order chi connectivity index (χ1) is 7.16. The maximum absolute atomic E-state index is 4.44. The summed E-state index contributed by atoms with van der Waals surface area (Å²) >= 11 is 3.54. The molecule has 0 spiro atoms. The Bertz CT molecular complexity index is 474. The Hall–Kier alpha value is -1.09. The van der Waals surface area contributed by atoms with E-state index in [1.807, 2.05) is 23.7 Å². The molecule has 0 atom stereocenters. The van der Waals surface area contributed by atoms with Crippen molar-refractivity contribution in [2.24, 2.45) is 0 Å². The van der Waals surface area contributed by atoms with Crippen LogP contribution >= 0.6 is 15.9 Å². The highest BCUT2D eigenvalue weighted by Gasteiger charge is 2.03. The molecule has 0 aliphatic carbocycles. The second-order valence-electron chi connectivity index (χ2n) is 3.68. The fourth-order valence-electron chi connectivity index (χ4n) is 1.62. The van der Waals surface area contributed by atoms with Gasteiger partial charge in [-0.2, -0.15) is 5.10 Å². The molecule has 15 heavy (non-hydrogen) atoms. The van der Waals surface area contributed by atoms with Gasteiger partial charge in [0.15, 0.2) is 0 Å². The molecule has 3 heteroatoms. The average Bonchev–Trinajstić information content (AvgIpc) is 2.49. The molecule has 2 nitrogen and oxygen atoms in total. The Morgan fingerprint density at radius 2 is 2.00 bits per heavy atom. The molecule has 2 aromatic rings. The summed E-state index contributed by atoms with van der Waals surface area (Å²) in [6, 6.07) is 10.3. The third-order valence-corrected chi connectivity index (χ3v) is 3.15. The molecule has 78 valence electrons. The molecule has 1 aromatic carbocycles. The number of aromatic nitrogens is 2. The highest BCUT2D eigenvalue weighted by molar-refractivity contribution is 9.10. The van der Waals surface area contributed by atoms with Crippen LogP contribution in [0.1, 0.15) is 17.0 Å². The van der Waals surface area contributed by atoms with Crippen molar-refractivity contribution in [3.63, 3.8) is 0 Å². The minimum absolute atomic E-state index is 0.821. The van der Waals surface area contributed by atoms with Gasteiger partial charge in [-0.05, 0) is 31.5 Å². The van der Waals surface area contributed by atoms with Crippen molar-refractivity contribution >= 4 is 15.9 Å². The van der Waals surface area contributed by atoms with E-state index in [1.165, 1.54) is 11.3 Å². The van der Waals surface area contributed by atoms with Crippen LogP contribution in [0.2, 0.25) is 0 Å². The summed E-state index contributed by atoms with van der Waals surface area (Å²) in [7, 11) is 0. The number of nitrogens with zero attached hydrogens (tertiary/aromatic N) is 2. The Balaban J connectivity index is 2.29. The minimum atomic E-state index is 0.821. The summed E-state index contributed by atoms with van der Waals surface area (Å²) in [4.78, 5) is 0. The molecule has 0 aliphatic heterocycles. The summed E-state index contributed by atoms with van der Waals surface area (Å²) in [5.74, 6) is 0. The van der Waals surface area contributed by atoms with Crippen molar-refractivity contribution in [3.05, 3.63) is 51.8 Å². The maximum atomic E-state index is 4.44. The number of halogens is 1. The van der Waals surface area contributed by atoms with Crippen molar-refractivity contribution in [1.82, 2.24) is 9.78 Å². The van der Waals surface area contributed by atoms with Crippen molar-refractivity contribution < 1.29 is 0 Å². The summed E-state index contributed by atoms with van der Waals surface area (Å²) < 4.78 is 3.16. The maximum Gasteiger partial charge on any atom is 0.0673 e. The lowest BCUT2D eigenvalue weighted by molar-refractivity contribution is 0.657. The van der Waals surface area contributed by atoms with Gasteiger partial charge in [-0.1, -0.05) is 34.1 Å². The lowest BCUT2D eigenvalue weighted by Gasteiger charge is -2.06. The van der Waals surface area contributed by atoms with Crippen LogP contribution in [0.25, 0.3) is 0 Å². The zero-order valence-electron chi connectivity index (χ0n) is 8.87. The second-order valence-corrected chi connectivity index (χ2v) is 4.53. The van der Waals surface area contributed by atoms with Crippen molar-refractivity contribution in [1.29, 1.82) is 0 Å². The van der Waals surface area contributed by atoms with Gasteiger partial charge in [0.25, 0.3) is 0 Å². The Morgan fingerprint density at radius 1 is 1.27 bits per heavy atom. The summed E-state index contributed by atoms with van der Waals surface area (Å²) in [5, 5.41) is 4.44. The fourth-order valence-corrected chi connectivity index (χ4v) is 2.03. The topological polar surface area (TPSA) is 17.8 Å². The predicted octanol–water partition coefficient (Wildman–Crippen LogP) is 3.31. The molecular formula is C12H13BrN2. The van der Waals surface area contributed by atoms with Crippen LogP contribution in [0.5, 0.6) is 0 Å². The van der Waals surface area contributed by atoms with Gasteiger partial charge in [0.2, 0.25) is 0 Å². The lowest BCUT2D eigenvalue weighted by atomic mass is 10.2. The van der Waals surface area contributed by atoms with E-state index in [-0.39, 0.29) is 0 Å². The van der Waals surface area contributed by atoms with Crippen LogP contribution in [-0.2, 0) is 6.54 Å². The summed E-state index contributed by atoms with van der Waals surface area (Å²) in [5.41, 5.74) is 3.52. The second kappa shape index (κ2) is 4.19. The van der Waals surface area contributed by atoms with E-state index in [0.717, 1.165) is 16.7 Å². The van der Waals surface area contributed by atoms with Crippen LogP contribution in [0.3, 0.4) is 0 Å². The van der Waals surface area contributed by atoms with Crippen molar-refractivity contribution in [3.8, 4) is 0 Å². The molecular weight excluding hydrogens is 252 g/mol. The van der Waals surface area contributed by atoms with E-state index < -0.39 is 0 Å². The molecule has 0 unspecified atom stereocenters. The summed E-state index contributed by atoms with van der Waals surface area (Å²) in [6.07, 6.45) is 0. The molecule has 1 heterocycles. The Kier molecular flexibility index (Phi) is 2.91. The van der Waals surface area contributed by atoms with Gasteiger partial charge in [0, 0.05) is 10.2 Å². The normalized spacial score (nSPS) is 10.6. The number of rotatable bonds is 2. The number of benzene rings is 1. The molecule has 0 fully saturated rings. The molecule has 0 N–H and O–H groups in total. The Labute approximate surface area is 98.1 Å². The molecule has 0 saturated heterocycles. The van der Waals surface area contributed by atoms with E-state index in [2.05, 4.69) is 46.2 Å². The van der Waals surface area contributed by atoms with Gasteiger partial charge >= 0.3 is 0 Å². The van der Waals surface area contributed by atoms with Gasteiger partial charge in [-0.15, -0.1) is 0 Å². The molecule has 2 rings (SSSR count). The third-order valence-electron chi connectivity index (χ3n) is 2.38. The minimum Gasteiger partial charge on any atom is -0.265 e. The lowest BCUT2D eigenvalue weighted by Crippen LogP contribution is -2.04. The highest BCUT2D eigenvalue weighted by Crippen LogP contribution is 2.17.